The van der Waals surface area contributed by atoms with Gasteiger partial charge in [-0.15, -0.1) is 0 Å². The predicted octanol–water partition coefficient (Wildman–Crippen LogP) is 3.70. The smallest absolute Gasteiger partial charge is 0.141 e. The zero-order valence-electron chi connectivity index (χ0n) is 14.8. The summed E-state index contributed by atoms with van der Waals surface area (Å²) in [4.78, 5) is 12.3. The first-order valence-corrected chi connectivity index (χ1v) is 8.87. The minimum atomic E-state index is 0.222. The molecule has 130 valence electrons. The summed E-state index contributed by atoms with van der Waals surface area (Å²) in [7, 11) is 0. The van der Waals surface area contributed by atoms with Gasteiger partial charge in [0.2, 0.25) is 0 Å². The maximum Gasteiger partial charge on any atom is 0.141 e. The first kappa shape index (κ1) is 16.1. The molecule has 0 aliphatic carbocycles. The number of hydrogen-bond acceptors (Lipinski definition) is 4. The van der Waals surface area contributed by atoms with Crippen LogP contribution in [0.2, 0.25) is 0 Å². The number of nitrogens with zero attached hydrogens (tertiary/aromatic N) is 2. The van der Waals surface area contributed by atoms with E-state index in [0.717, 1.165) is 66.1 Å². The Hall–Kier alpha value is -2.40. The van der Waals surface area contributed by atoms with E-state index in [-0.39, 0.29) is 5.41 Å². The summed E-state index contributed by atoms with van der Waals surface area (Å²) in [5, 5.41) is 4.43. The van der Waals surface area contributed by atoms with Crippen molar-refractivity contribution in [3.63, 3.8) is 0 Å². The summed E-state index contributed by atoms with van der Waals surface area (Å²) in [6.07, 6.45) is 7.93. The molecule has 2 N–H and O–H groups in total. The highest BCUT2D eigenvalue weighted by Gasteiger charge is 2.28. The van der Waals surface area contributed by atoms with Crippen LogP contribution in [0, 0.1) is 12.3 Å². The van der Waals surface area contributed by atoms with Gasteiger partial charge in [0.25, 0.3) is 0 Å². The molecule has 3 aromatic rings. The maximum atomic E-state index is 6.29. The molecule has 1 aliphatic heterocycles. The third-order valence-electron chi connectivity index (χ3n) is 5.11. The van der Waals surface area contributed by atoms with Gasteiger partial charge < -0.3 is 15.0 Å². The van der Waals surface area contributed by atoms with Crippen LogP contribution in [0.1, 0.15) is 25.3 Å². The van der Waals surface area contributed by atoms with Gasteiger partial charge in [0, 0.05) is 29.6 Å². The fourth-order valence-corrected chi connectivity index (χ4v) is 3.40. The Kier molecular flexibility index (Phi) is 4.17. The van der Waals surface area contributed by atoms with Gasteiger partial charge in [-0.2, -0.15) is 0 Å². The van der Waals surface area contributed by atoms with E-state index in [9.17, 15) is 0 Å². The van der Waals surface area contributed by atoms with Crippen LogP contribution >= 0.6 is 0 Å². The molecule has 0 amide bonds. The van der Waals surface area contributed by atoms with Gasteiger partial charge in [0.1, 0.15) is 11.4 Å². The van der Waals surface area contributed by atoms with Crippen molar-refractivity contribution in [2.45, 2.75) is 26.7 Å². The van der Waals surface area contributed by atoms with Crippen molar-refractivity contribution >= 4 is 11.0 Å². The number of piperidine rings is 1. The second kappa shape index (κ2) is 6.48. The van der Waals surface area contributed by atoms with Crippen molar-refractivity contribution in [2.75, 3.05) is 19.7 Å². The second-order valence-corrected chi connectivity index (χ2v) is 7.31. The Morgan fingerprint density at radius 1 is 1.16 bits per heavy atom. The quantitative estimate of drug-likeness (QED) is 0.762. The van der Waals surface area contributed by atoms with E-state index in [1.807, 2.05) is 31.5 Å². The standard InChI is InChI=1S/C20H24N4O/c1-14-3-4-16(23-11-14)15-12-24-19-18(15)17(5-8-22-19)25-13-20(2)6-9-21-10-7-20/h3-5,8,11-12,21H,6-7,9-10,13H2,1-2H3,(H,22,24). The SMILES string of the molecule is Cc1ccc(-c2c[nH]c3nccc(OCC4(C)CCNCC4)c23)nc1. The predicted molar refractivity (Wildman–Crippen MR) is 99.8 cm³/mol. The summed E-state index contributed by atoms with van der Waals surface area (Å²) in [6.45, 7) is 7.20. The van der Waals surface area contributed by atoms with Gasteiger partial charge >= 0.3 is 0 Å². The van der Waals surface area contributed by atoms with E-state index < -0.39 is 0 Å². The van der Waals surface area contributed by atoms with Crippen molar-refractivity contribution in [1.82, 2.24) is 20.3 Å². The lowest BCUT2D eigenvalue weighted by atomic mass is 9.82. The molecule has 3 aromatic heterocycles. The molecule has 0 radical (unpaired) electrons. The van der Waals surface area contributed by atoms with Crippen LogP contribution in [-0.2, 0) is 0 Å². The van der Waals surface area contributed by atoms with Crippen LogP contribution in [0.5, 0.6) is 5.75 Å². The van der Waals surface area contributed by atoms with E-state index in [1.54, 1.807) is 6.20 Å². The van der Waals surface area contributed by atoms with E-state index in [1.165, 1.54) is 0 Å². The van der Waals surface area contributed by atoms with Crippen LogP contribution in [-0.4, -0.2) is 34.6 Å². The third kappa shape index (κ3) is 3.24. The molecule has 4 heterocycles. The Morgan fingerprint density at radius 3 is 2.76 bits per heavy atom. The highest BCUT2D eigenvalue weighted by molar-refractivity contribution is 5.97. The molecule has 25 heavy (non-hydrogen) atoms. The van der Waals surface area contributed by atoms with Crippen molar-refractivity contribution in [3.8, 4) is 17.0 Å². The van der Waals surface area contributed by atoms with Gasteiger partial charge in [-0.25, -0.2) is 4.98 Å². The summed E-state index contributed by atoms with van der Waals surface area (Å²) in [5.74, 6) is 0.878. The van der Waals surface area contributed by atoms with E-state index in [2.05, 4.69) is 33.3 Å². The number of rotatable bonds is 4. The molecule has 5 heteroatoms. The number of fused-ring (bicyclic) bond motifs is 1. The fourth-order valence-electron chi connectivity index (χ4n) is 3.40. The van der Waals surface area contributed by atoms with Crippen LogP contribution in [0.15, 0.2) is 36.8 Å². The van der Waals surface area contributed by atoms with Gasteiger partial charge in [-0.1, -0.05) is 13.0 Å². The molecule has 1 aliphatic rings. The highest BCUT2D eigenvalue weighted by atomic mass is 16.5. The lowest BCUT2D eigenvalue weighted by Crippen LogP contribution is -2.38. The molecule has 0 bridgehead atoms. The Balaban J connectivity index is 1.67. The van der Waals surface area contributed by atoms with E-state index in [4.69, 9.17) is 4.74 Å². The van der Waals surface area contributed by atoms with Crippen LogP contribution in [0.25, 0.3) is 22.3 Å². The molecular weight excluding hydrogens is 312 g/mol. The Labute approximate surface area is 147 Å². The number of H-pyrrole nitrogens is 1. The zero-order valence-corrected chi connectivity index (χ0v) is 14.8. The molecule has 0 spiro atoms. The molecule has 5 nitrogen and oxygen atoms in total. The van der Waals surface area contributed by atoms with Gasteiger partial charge in [-0.3, -0.25) is 4.98 Å². The minimum absolute atomic E-state index is 0.222. The first-order valence-electron chi connectivity index (χ1n) is 8.87. The zero-order chi connectivity index (χ0) is 17.3. The normalized spacial score (nSPS) is 16.9. The molecular formula is C20H24N4O. The Morgan fingerprint density at radius 2 is 2.00 bits per heavy atom. The molecule has 0 saturated carbocycles. The fraction of sp³-hybridized carbons (Fsp3) is 0.400. The second-order valence-electron chi connectivity index (χ2n) is 7.31. The summed E-state index contributed by atoms with van der Waals surface area (Å²) >= 11 is 0. The summed E-state index contributed by atoms with van der Waals surface area (Å²) < 4.78 is 6.29. The third-order valence-corrected chi connectivity index (χ3v) is 5.11. The topological polar surface area (TPSA) is 62.8 Å². The molecule has 4 rings (SSSR count). The number of pyridine rings is 2. The van der Waals surface area contributed by atoms with Crippen LogP contribution in [0.4, 0.5) is 0 Å². The summed E-state index contributed by atoms with van der Waals surface area (Å²) in [5.41, 5.74) is 4.18. The average Bonchev–Trinajstić information content (AvgIpc) is 3.06. The van der Waals surface area contributed by atoms with E-state index >= 15 is 0 Å². The number of aromatic nitrogens is 3. The van der Waals surface area contributed by atoms with Crippen LogP contribution < -0.4 is 10.1 Å². The number of aryl methyl sites for hydroxylation is 1. The highest BCUT2D eigenvalue weighted by Crippen LogP contribution is 2.35. The summed E-state index contributed by atoms with van der Waals surface area (Å²) in [6, 6.07) is 6.08. The molecule has 0 atom stereocenters. The van der Waals surface area contributed by atoms with Gasteiger partial charge in [-0.05, 0) is 50.6 Å². The number of ether oxygens (including phenoxy) is 1. The minimum Gasteiger partial charge on any atom is -0.492 e. The molecule has 0 unspecified atom stereocenters. The first-order chi connectivity index (χ1) is 12.1. The Bertz CT molecular complexity index is 863. The lowest BCUT2D eigenvalue weighted by Gasteiger charge is -2.33. The number of aromatic amines is 1. The van der Waals surface area contributed by atoms with Gasteiger partial charge in [0.15, 0.2) is 0 Å². The van der Waals surface area contributed by atoms with Crippen molar-refractivity contribution in [2.24, 2.45) is 5.41 Å². The molecule has 1 fully saturated rings. The van der Waals surface area contributed by atoms with Crippen LogP contribution in [0.3, 0.4) is 0 Å². The molecule has 0 aromatic carbocycles. The monoisotopic (exact) mass is 336 g/mol. The largest absolute Gasteiger partial charge is 0.492 e. The van der Waals surface area contributed by atoms with Gasteiger partial charge in [0.05, 0.1) is 17.7 Å². The molecule has 1 saturated heterocycles. The van der Waals surface area contributed by atoms with Crippen molar-refractivity contribution < 1.29 is 4.74 Å². The number of hydrogen-bond donors (Lipinski definition) is 2. The lowest BCUT2D eigenvalue weighted by molar-refractivity contribution is 0.124. The van der Waals surface area contributed by atoms with Crippen molar-refractivity contribution in [1.29, 1.82) is 0 Å². The average molecular weight is 336 g/mol. The number of nitrogens with one attached hydrogen (secondary N) is 2. The van der Waals surface area contributed by atoms with E-state index in [0.29, 0.717) is 0 Å². The van der Waals surface area contributed by atoms with Crippen molar-refractivity contribution in [3.05, 3.63) is 42.4 Å². The maximum absolute atomic E-state index is 6.29.